The summed E-state index contributed by atoms with van der Waals surface area (Å²) in [6.45, 7) is 7.20. The summed E-state index contributed by atoms with van der Waals surface area (Å²) >= 11 is 1.80. The first-order chi connectivity index (χ1) is 11.7. The zero-order valence-electron chi connectivity index (χ0n) is 14.4. The van der Waals surface area contributed by atoms with Gasteiger partial charge in [-0.3, -0.25) is 4.79 Å². The number of nitrogens with zero attached hydrogens (tertiary/aromatic N) is 3. The molecule has 6 nitrogen and oxygen atoms in total. The van der Waals surface area contributed by atoms with Crippen LogP contribution in [0.4, 0.5) is 5.82 Å². The molecule has 1 amide bonds. The lowest BCUT2D eigenvalue weighted by atomic mass is 10.2. The van der Waals surface area contributed by atoms with Crippen molar-refractivity contribution in [1.29, 1.82) is 0 Å². The molecule has 0 bridgehead atoms. The summed E-state index contributed by atoms with van der Waals surface area (Å²) in [5.74, 6) is 2.66. The first kappa shape index (κ1) is 18.6. The maximum absolute atomic E-state index is 12.1. The lowest BCUT2D eigenvalue weighted by Crippen LogP contribution is -2.49. The fourth-order valence-electron chi connectivity index (χ4n) is 2.56. The highest BCUT2D eigenvalue weighted by Crippen LogP contribution is 2.15. The Balaban J connectivity index is 1.83. The molecule has 0 aromatic carbocycles. The molecule has 1 fully saturated rings. The second-order valence-electron chi connectivity index (χ2n) is 5.44. The maximum Gasteiger partial charge on any atom is 0.339 e. The van der Waals surface area contributed by atoms with Crippen LogP contribution in [0.5, 0.6) is 0 Å². The number of esters is 1. The van der Waals surface area contributed by atoms with Crippen LogP contribution in [0, 0.1) is 0 Å². The van der Waals surface area contributed by atoms with E-state index in [1.54, 1.807) is 30.9 Å². The molecule has 0 unspecified atom stereocenters. The number of thioether (sulfide) groups is 1. The Hall–Kier alpha value is -1.76. The van der Waals surface area contributed by atoms with Crippen molar-refractivity contribution in [2.45, 2.75) is 20.3 Å². The van der Waals surface area contributed by atoms with Crippen LogP contribution < -0.4 is 4.90 Å². The summed E-state index contributed by atoms with van der Waals surface area (Å²) in [5.41, 5.74) is 0.461. The van der Waals surface area contributed by atoms with Crippen LogP contribution in [0.15, 0.2) is 18.3 Å². The van der Waals surface area contributed by atoms with Gasteiger partial charge < -0.3 is 14.5 Å². The summed E-state index contributed by atoms with van der Waals surface area (Å²) in [4.78, 5) is 32.2. The number of anilines is 1. The van der Waals surface area contributed by atoms with Gasteiger partial charge in [0, 0.05) is 44.5 Å². The van der Waals surface area contributed by atoms with E-state index in [0.717, 1.165) is 43.5 Å². The third-order valence-corrected chi connectivity index (χ3v) is 4.78. The standard InChI is InChI=1S/C17H25N3O3S/c1-3-23-17(22)14-5-6-15(18-13-14)19-8-10-20(11-9-19)16(21)7-12-24-4-2/h5-6,13H,3-4,7-12H2,1-2H3. The number of carbonyl (C=O) groups excluding carboxylic acids is 2. The third kappa shape index (κ3) is 5.12. The van der Waals surface area contributed by atoms with Crippen LogP contribution in [-0.2, 0) is 9.53 Å². The number of hydrogen-bond donors (Lipinski definition) is 0. The lowest BCUT2D eigenvalue weighted by molar-refractivity contribution is -0.131. The zero-order valence-corrected chi connectivity index (χ0v) is 15.2. The van der Waals surface area contributed by atoms with Gasteiger partial charge in [-0.25, -0.2) is 9.78 Å². The number of amides is 1. The molecule has 0 spiro atoms. The average Bonchev–Trinajstić information content (AvgIpc) is 2.62. The highest BCUT2D eigenvalue weighted by molar-refractivity contribution is 7.99. The number of pyridine rings is 1. The number of carbonyl (C=O) groups is 2. The Morgan fingerprint density at radius 2 is 1.96 bits per heavy atom. The predicted molar refractivity (Wildman–Crippen MR) is 96.6 cm³/mol. The molecule has 1 aromatic heterocycles. The van der Waals surface area contributed by atoms with E-state index >= 15 is 0 Å². The molecule has 2 heterocycles. The topological polar surface area (TPSA) is 62.7 Å². The Bertz CT molecular complexity index is 543. The van der Waals surface area contributed by atoms with E-state index in [1.807, 2.05) is 11.0 Å². The molecule has 1 aromatic rings. The van der Waals surface area contributed by atoms with Crippen LogP contribution in [0.2, 0.25) is 0 Å². The summed E-state index contributed by atoms with van der Waals surface area (Å²) < 4.78 is 4.96. The minimum atomic E-state index is -0.350. The summed E-state index contributed by atoms with van der Waals surface area (Å²) in [6, 6.07) is 3.57. The monoisotopic (exact) mass is 351 g/mol. The molecule has 0 N–H and O–H groups in total. The van der Waals surface area contributed by atoms with E-state index in [0.29, 0.717) is 18.6 Å². The van der Waals surface area contributed by atoms with Crippen molar-refractivity contribution < 1.29 is 14.3 Å². The summed E-state index contributed by atoms with van der Waals surface area (Å²) in [7, 11) is 0. The molecule has 132 valence electrons. The SMILES string of the molecule is CCOC(=O)c1ccc(N2CCN(C(=O)CCSCC)CC2)nc1. The second-order valence-corrected chi connectivity index (χ2v) is 6.83. The van der Waals surface area contributed by atoms with E-state index in [1.165, 1.54) is 0 Å². The van der Waals surface area contributed by atoms with Crippen LogP contribution in [0.25, 0.3) is 0 Å². The average molecular weight is 351 g/mol. The normalized spacial score (nSPS) is 14.6. The third-order valence-electron chi connectivity index (χ3n) is 3.88. The first-order valence-electron chi connectivity index (χ1n) is 8.39. The Labute approximate surface area is 147 Å². The number of piperazine rings is 1. The zero-order chi connectivity index (χ0) is 17.4. The van der Waals surface area contributed by atoms with E-state index in [-0.39, 0.29) is 11.9 Å². The van der Waals surface area contributed by atoms with Gasteiger partial charge >= 0.3 is 5.97 Å². The lowest BCUT2D eigenvalue weighted by Gasteiger charge is -2.35. The van der Waals surface area contributed by atoms with Crippen LogP contribution in [-0.4, -0.2) is 66.1 Å². The molecule has 7 heteroatoms. The highest BCUT2D eigenvalue weighted by Gasteiger charge is 2.21. The fraction of sp³-hybridized carbons (Fsp3) is 0.588. The largest absolute Gasteiger partial charge is 0.462 e. The Kier molecular flexibility index (Phi) is 7.36. The second kappa shape index (κ2) is 9.52. The quantitative estimate of drug-likeness (QED) is 0.553. The number of rotatable bonds is 7. The van der Waals surface area contributed by atoms with E-state index in [4.69, 9.17) is 4.74 Å². The van der Waals surface area contributed by atoms with Gasteiger partial charge in [-0.2, -0.15) is 11.8 Å². The molecule has 1 aliphatic heterocycles. The van der Waals surface area contributed by atoms with Crippen molar-refractivity contribution in [2.75, 3.05) is 49.2 Å². The van der Waals surface area contributed by atoms with Crippen LogP contribution in [0.3, 0.4) is 0 Å². The predicted octanol–water partition coefficient (Wildman–Crippen LogP) is 2.05. The van der Waals surface area contributed by atoms with Crippen LogP contribution in [0.1, 0.15) is 30.6 Å². The smallest absolute Gasteiger partial charge is 0.339 e. The van der Waals surface area contributed by atoms with Gasteiger partial charge in [0.2, 0.25) is 5.91 Å². The van der Waals surface area contributed by atoms with Crippen LogP contribution >= 0.6 is 11.8 Å². The van der Waals surface area contributed by atoms with Crippen molar-refractivity contribution in [1.82, 2.24) is 9.88 Å². The Morgan fingerprint density at radius 3 is 2.54 bits per heavy atom. The minimum absolute atomic E-state index is 0.237. The molecule has 0 aliphatic carbocycles. The molecule has 2 rings (SSSR count). The van der Waals surface area contributed by atoms with E-state index in [9.17, 15) is 9.59 Å². The summed E-state index contributed by atoms with van der Waals surface area (Å²) in [5, 5.41) is 0. The van der Waals surface area contributed by atoms with Crippen molar-refractivity contribution in [3.63, 3.8) is 0 Å². The number of hydrogen-bond acceptors (Lipinski definition) is 6. The summed E-state index contributed by atoms with van der Waals surface area (Å²) in [6.07, 6.45) is 2.16. The minimum Gasteiger partial charge on any atom is -0.462 e. The molecule has 0 saturated carbocycles. The Morgan fingerprint density at radius 1 is 1.21 bits per heavy atom. The van der Waals surface area contributed by atoms with Gasteiger partial charge in [0.05, 0.1) is 12.2 Å². The van der Waals surface area contributed by atoms with Gasteiger partial charge in [0.1, 0.15) is 5.82 Å². The molecule has 24 heavy (non-hydrogen) atoms. The van der Waals surface area contributed by atoms with Gasteiger partial charge in [0.25, 0.3) is 0 Å². The molecule has 0 atom stereocenters. The molecular weight excluding hydrogens is 326 g/mol. The number of ether oxygens (including phenoxy) is 1. The van der Waals surface area contributed by atoms with E-state index in [2.05, 4.69) is 16.8 Å². The molecule has 1 saturated heterocycles. The molecular formula is C17H25N3O3S. The fourth-order valence-corrected chi connectivity index (χ4v) is 3.16. The van der Waals surface area contributed by atoms with Gasteiger partial charge in [-0.15, -0.1) is 0 Å². The van der Waals surface area contributed by atoms with Crippen molar-refractivity contribution in [3.8, 4) is 0 Å². The van der Waals surface area contributed by atoms with Crippen molar-refractivity contribution in [3.05, 3.63) is 23.9 Å². The van der Waals surface area contributed by atoms with Crippen molar-refractivity contribution in [2.24, 2.45) is 0 Å². The van der Waals surface area contributed by atoms with Gasteiger partial charge in [0.15, 0.2) is 0 Å². The molecule has 0 radical (unpaired) electrons. The van der Waals surface area contributed by atoms with Crippen molar-refractivity contribution >= 4 is 29.5 Å². The first-order valence-corrected chi connectivity index (χ1v) is 9.54. The van der Waals surface area contributed by atoms with Gasteiger partial charge in [-0.05, 0) is 24.8 Å². The maximum atomic E-state index is 12.1. The number of aromatic nitrogens is 1. The van der Waals surface area contributed by atoms with Gasteiger partial charge in [-0.1, -0.05) is 6.92 Å². The molecule has 1 aliphatic rings. The highest BCUT2D eigenvalue weighted by atomic mass is 32.2. The van der Waals surface area contributed by atoms with E-state index < -0.39 is 0 Å².